The average molecular weight is 1250 g/mol. The fourth-order valence-electron chi connectivity index (χ4n) is 5.96. The molecular weight excluding hydrogens is 1160 g/mol. The first-order valence-electron chi connectivity index (χ1n) is 27.8. The van der Waals surface area contributed by atoms with Crippen molar-refractivity contribution >= 4 is 35.8 Å². The molecule has 0 spiro atoms. The topological polar surface area (TPSA) is 161 Å². The van der Waals surface area contributed by atoms with Gasteiger partial charge in [0.1, 0.15) is 25.9 Å². The molecule has 0 aromatic carbocycles. The van der Waals surface area contributed by atoms with Crippen LogP contribution in [0.15, 0.2) is 146 Å². The number of hydrogen-bond acceptors (Lipinski definition) is 12. The van der Waals surface area contributed by atoms with Gasteiger partial charge in [-0.1, -0.05) is 174 Å². The molecule has 0 aliphatic carbocycles. The van der Waals surface area contributed by atoms with E-state index < -0.39 is 79.8 Å². The molecule has 0 aromatic rings. The highest BCUT2D eigenvalue weighted by Crippen LogP contribution is 2.23. The van der Waals surface area contributed by atoms with Crippen LogP contribution in [0.4, 0.5) is 52.7 Å². The Morgan fingerprint density at radius 3 is 0.884 bits per heavy atom. The normalized spacial score (nSPS) is 15.2. The first-order valence-corrected chi connectivity index (χ1v) is 27.8. The van der Waals surface area contributed by atoms with Gasteiger partial charge in [0.15, 0.2) is 6.10 Å². The van der Waals surface area contributed by atoms with E-state index in [1.165, 1.54) is 0 Å². The van der Waals surface area contributed by atoms with Crippen molar-refractivity contribution in [3.05, 3.63) is 146 Å². The highest BCUT2D eigenvalue weighted by Gasteiger charge is 2.49. The lowest BCUT2D eigenvalue weighted by atomic mass is 10.0. The second kappa shape index (κ2) is 49.2. The second-order valence-corrected chi connectivity index (χ2v) is 18.0. The SMILES string of the molecule is CC/C=C\C/C=C\C/C=C\C/C=C\C/C=C\C/C=C\CC(CC)C(=O)OC(COC(=O)C(F)(F)F)COC(=O)C(F)(F)F.CC/C=C\C/C=C\C/C=C\C/C=C\C/C=C\C/C=C\CC(CC)C(=O)OCC1CO1.O=C(OC(=O)C(F)(F)F)C(F)(F)F. The van der Waals surface area contributed by atoms with Crippen molar-refractivity contribution in [1.82, 2.24) is 0 Å². The second-order valence-electron chi connectivity index (χ2n) is 18.0. The molecule has 1 aliphatic heterocycles. The van der Waals surface area contributed by atoms with Crippen LogP contribution in [0.25, 0.3) is 0 Å². The smallest absolute Gasteiger partial charge is 0.463 e. The molecule has 0 amide bonds. The molecule has 0 N–H and O–H groups in total. The predicted molar refractivity (Wildman–Crippen MR) is 301 cm³/mol. The maximum absolute atomic E-state index is 12.5. The van der Waals surface area contributed by atoms with Crippen LogP contribution >= 0.6 is 0 Å². The van der Waals surface area contributed by atoms with Crippen molar-refractivity contribution in [2.24, 2.45) is 11.8 Å². The van der Waals surface area contributed by atoms with Gasteiger partial charge in [0, 0.05) is 0 Å². The summed E-state index contributed by atoms with van der Waals surface area (Å²) in [4.78, 5) is 65.6. The van der Waals surface area contributed by atoms with E-state index >= 15 is 0 Å². The molecular formula is C62H80F12O12. The summed E-state index contributed by atoms with van der Waals surface area (Å²) in [7, 11) is 0. The van der Waals surface area contributed by atoms with Gasteiger partial charge in [-0.2, -0.15) is 52.7 Å². The van der Waals surface area contributed by atoms with E-state index in [4.69, 9.17) is 14.2 Å². The molecule has 0 aromatic heterocycles. The first kappa shape index (κ1) is 81.1. The molecule has 1 fully saturated rings. The number of alkyl halides is 12. The summed E-state index contributed by atoms with van der Waals surface area (Å²) in [6, 6.07) is 0. The Morgan fingerprint density at radius 2 is 0.640 bits per heavy atom. The molecule has 1 aliphatic rings. The Balaban J connectivity index is 0. The number of halogens is 12. The lowest BCUT2D eigenvalue weighted by molar-refractivity contribution is -0.221. The summed E-state index contributed by atoms with van der Waals surface area (Å²) in [5.74, 6) is -13.6. The van der Waals surface area contributed by atoms with Crippen LogP contribution in [0, 0.1) is 11.8 Å². The number of rotatable bonds is 37. The standard InChI is InChI=1S/C31H40F6O6.C27H40O3.C4F6O3/c1-3-5-6-7-8-9-10-11-12-13-14-15-16-17-18-19-20-21-22-25(4-2)27(38)43-26(23-41-28(39)30(32,33)34)24-42-29(40)31(35,36)37;1-3-5-6-7-8-9-10-11-12-13-14-15-16-17-18-19-20-21-22-25(4-2)27(28)30-24-26-23-29-26;5-3(6,7)1(11)13-2(12)4(8,9)10/h5-6,8-9,11-12,14-15,17-18,20-21,25-26H,3-4,7,10,13,16,19,22-24H2,1-2H3;5-6,8-9,11-12,14-15,17-18,20-21,25-26H,3-4,7,10,13,16,19,22-24H2,1-2H3;/b2*6-5-,9-8-,12-11-,15-14-,18-17-,21-20-;. The van der Waals surface area contributed by atoms with Gasteiger partial charge < -0.3 is 28.4 Å². The summed E-state index contributed by atoms with van der Waals surface area (Å²) < 4.78 is 167. The zero-order valence-electron chi connectivity index (χ0n) is 48.7. The number of carbonyl (C=O) groups excluding carboxylic acids is 6. The Kier molecular flexibility index (Phi) is 46.4. The van der Waals surface area contributed by atoms with E-state index in [-0.39, 0.29) is 30.8 Å². The maximum Gasteiger partial charge on any atom is 0.491 e. The van der Waals surface area contributed by atoms with Crippen molar-refractivity contribution in [2.45, 2.75) is 167 Å². The molecule has 0 radical (unpaired) electrons. The highest BCUT2D eigenvalue weighted by atomic mass is 19.4. The fraction of sp³-hybridized carbons (Fsp3) is 0.516. The molecule has 0 bridgehead atoms. The van der Waals surface area contributed by atoms with Crippen LogP contribution in [0.2, 0.25) is 0 Å². The number of carbonyl (C=O) groups is 6. The van der Waals surface area contributed by atoms with Crippen LogP contribution in [-0.2, 0) is 57.2 Å². The minimum atomic E-state index is -5.62. The van der Waals surface area contributed by atoms with Crippen molar-refractivity contribution in [2.75, 3.05) is 26.4 Å². The molecule has 12 nitrogen and oxygen atoms in total. The molecule has 1 heterocycles. The number of hydrogen-bond donors (Lipinski definition) is 0. The van der Waals surface area contributed by atoms with Crippen LogP contribution < -0.4 is 0 Å². The summed E-state index contributed by atoms with van der Waals surface area (Å²) in [5.41, 5.74) is 0. The summed E-state index contributed by atoms with van der Waals surface area (Å²) in [6.07, 6.45) is 39.7. The van der Waals surface area contributed by atoms with Gasteiger partial charge in [-0.3, -0.25) is 9.59 Å². The van der Waals surface area contributed by atoms with Crippen LogP contribution in [0.1, 0.15) is 130 Å². The van der Waals surface area contributed by atoms with E-state index in [0.29, 0.717) is 13.0 Å². The van der Waals surface area contributed by atoms with Crippen molar-refractivity contribution in [3.8, 4) is 0 Å². The quantitative estimate of drug-likeness (QED) is 0.0145. The van der Waals surface area contributed by atoms with E-state index in [9.17, 15) is 81.5 Å². The Labute approximate surface area is 495 Å². The predicted octanol–water partition coefficient (Wildman–Crippen LogP) is 16.4. The minimum absolute atomic E-state index is 0.0478. The lowest BCUT2D eigenvalue weighted by Gasteiger charge is -2.21. The molecule has 1 saturated heterocycles. The average Bonchev–Trinajstić information content (AvgIpc) is 4.43. The van der Waals surface area contributed by atoms with Gasteiger partial charge in [0.2, 0.25) is 0 Å². The highest BCUT2D eigenvalue weighted by molar-refractivity contribution is 5.90. The third kappa shape index (κ3) is 49.3. The van der Waals surface area contributed by atoms with Gasteiger partial charge in [-0.25, -0.2) is 19.2 Å². The van der Waals surface area contributed by atoms with Gasteiger partial charge in [-0.15, -0.1) is 0 Å². The summed E-state index contributed by atoms with van der Waals surface area (Å²) >= 11 is 0. The fourth-order valence-corrected chi connectivity index (χ4v) is 5.96. The number of epoxide rings is 1. The Morgan fingerprint density at radius 1 is 0.384 bits per heavy atom. The van der Waals surface area contributed by atoms with Crippen molar-refractivity contribution in [1.29, 1.82) is 0 Å². The summed E-state index contributed by atoms with van der Waals surface area (Å²) in [5, 5.41) is 0. The number of ether oxygens (including phenoxy) is 6. The van der Waals surface area contributed by atoms with Crippen molar-refractivity contribution in [3.63, 3.8) is 0 Å². The summed E-state index contributed by atoms with van der Waals surface area (Å²) in [6.45, 7) is 6.51. The molecule has 0 saturated carbocycles. The Bertz CT molecular complexity index is 2240. The van der Waals surface area contributed by atoms with Crippen LogP contribution in [-0.4, -0.2) is 99.2 Å². The minimum Gasteiger partial charge on any atom is -0.463 e. The van der Waals surface area contributed by atoms with Gasteiger partial charge in [-0.05, 0) is 103 Å². The monoisotopic (exact) mass is 1240 g/mol. The van der Waals surface area contributed by atoms with E-state index in [1.807, 2.05) is 25.2 Å². The zero-order valence-corrected chi connectivity index (χ0v) is 48.7. The molecule has 3 atom stereocenters. The van der Waals surface area contributed by atoms with Crippen LogP contribution in [0.3, 0.4) is 0 Å². The zero-order chi connectivity index (χ0) is 65.1. The lowest BCUT2D eigenvalue weighted by Crippen LogP contribution is -2.37. The van der Waals surface area contributed by atoms with Gasteiger partial charge in [0.05, 0.1) is 18.4 Å². The van der Waals surface area contributed by atoms with Crippen molar-refractivity contribution < 1.29 is 110 Å². The third-order valence-corrected chi connectivity index (χ3v) is 10.7. The van der Waals surface area contributed by atoms with Crippen LogP contribution in [0.5, 0.6) is 0 Å². The number of allylic oxidation sites excluding steroid dienone is 24. The first-order chi connectivity index (χ1) is 40.6. The number of esters is 6. The van der Waals surface area contributed by atoms with Gasteiger partial charge >= 0.3 is 60.5 Å². The Hall–Kier alpha value is -6.98. The maximum atomic E-state index is 12.5. The molecule has 24 heteroatoms. The third-order valence-electron chi connectivity index (χ3n) is 10.7. The van der Waals surface area contributed by atoms with Gasteiger partial charge in [0.25, 0.3) is 0 Å². The van der Waals surface area contributed by atoms with E-state index in [2.05, 4.69) is 144 Å². The largest absolute Gasteiger partial charge is 0.491 e. The molecule has 3 unspecified atom stereocenters. The van der Waals surface area contributed by atoms with E-state index in [1.54, 1.807) is 19.1 Å². The molecule has 484 valence electrons. The molecule has 86 heavy (non-hydrogen) atoms. The molecule has 1 rings (SSSR count). The van der Waals surface area contributed by atoms with E-state index in [0.717, 1.165) is 90.1 Å².